The molecule has 0 unspecified atom stereocenters. The minimum Gasteiger partial charge on any atom is -0.465 e. The highest BCUT2D eigenvalue weighted by Crippen LogP contribution is 2.67. The van der Waals surface area contributed by atoms with Gasteiger partial charge in [0.05, 0.1) is 42.5 Å². The van der Waals surface area contributed by atoms with Crippen LogP contribution in [0.5, 0.6) is 11.5 Å². The molecule has 0 saturated carbocycles. The zero-order valence-corrected chi connectivity index (χ0v) is 31.5. The van der Waals surface area contributed by atoms with Crippen LogP contribution in [-0.4, -0.2) is 36.5 Å². The zero-order valence-electron chi connectivity index (χ0n) is 26.7. The number of ether oxygens (including phenoxy) is 2. The van der Waals surface area contributed by atoms with Crippen LogP contribution in [0.3, 0.4) is 0 Å². The minimum atomic E-state index is -4.82. The highest BCUT2D eigenvalue weighted by molar-refractivity contribution is 9.10. The lowest BCUT2D eigenvalue weighted by molar-refractivity contribution is 0.0354. The molecule has 5 aromatic rings. The lowest BCUT2D eigenvalue weighted by Crippen LogP contribution is -2.20. The van der Waals surface area contributed by atoms with Crippen molar-refractivity contribution in [2.45, 2.75) is 26.1 Å². The van der Waals surface area contributed by atoms with Crippen molar-refractivity contribution in [2.75, 3.05) is 25.2 Å². The Morgan fingerprint density at radius 2 is 1.62 bits per heavy atom. The highest BCUT2D eigenvalue weighted by Gasteiger charge is 2.55. The Labute approximate surface area is 309 Å². The van der Waals surface area contributed by atoms with Gasteiger partial charge in [-0.05, 0) is 74.0 Å². The van der Waals surface area contributed by atoms with Crippen LogP contribution in [0.4, 0.5) is 19.6 Å². The van der Waals surface area contributed by atoms with Crippen molar-refractivity contribution < 1.29 is 36.7 Å². The van der Waals surface area contributed by atoms with Crippen LogP contribution in [0.25, 0.3) is 10.6 Å². The van der Waals surface area contributed by atoms with Crippen molar-refractivity contribution in [3.63, 3.8) is 0 Å². The van der Waals surface area contributed by atoms with Gasteiger partial charge in [-0.1, -0.05) is 80.8 Å². The first-order valence-corrected chi connectivity index (χ1v) is 18.9. The van der Waals surface area contributed by atoms with Gasteiger partial charge < -0.3 is 23.4 Å². The number of methoxy groups -OCH3 is 1. The summed E-state index contributed by atoms with van der Waals surface area (Å²) >= 11 is 17.1. The van der Waals surface area contributed by atoms with Gasteiger partial charge in [0, 0.05) is 21.3 Å². The molecule has 1 aromatic heterocycles. The Morgan fingerprint density at radius 1 is 0.920 bits per heavy atom. The summed E-state index contributed by atoms with van der Waals surface area (Å²) in [5, 5.41) is 10.6. The number of nitrogens with zero attached hydrogens (tertiary/aromatic N) is 3. The molecule has 0 amide bonds. The summed E-state index contributed by atoms with van der Waals surface area (Å²) in [7, 11) is -3.51. The van der Waals surface area contributed by atoms with E-state index in [4.69, 9.17) is 41.7 Å². The first-order valence-electron chi connectivity index (χ1n) is 15.0. The number of halogens is 5. The molecule has 0 saturated heterocycles. The van der Waals surface area contributed by atoms with Gasteiger partial charge in [-0.3, -0.25) is 4.57 Å². The molecule has 0 radical (unpaired) electrons. The van der Waals surface area contributed by atoms with Gasteiger partial charge in [-0.2, -0.15) is 8.78 Å². The molecule has 1 heterocycles. The Kier molecular flexibility index (Phi) is 12.3. The van der Waals surface area contributed by atoms with E-state index in [-0.39, 0.29) is 24.2 Å². The van der Waals surface area contributed by atoms with Crippen LogP contribution < -0.4 is 9.64 Å². The van der Waals surface area contributed by atoms with Crippen molar-refractivity contribution in [2.24, 2.45) is 0 Å². The number of hydrogen-bond donors (Lipinski definition) is 0. The number of anilines is 2. The smallest absolute Gasteiger partial charge is 0.404 e. The van der Waals surface area contributed by atoms with Crippen molar-refractivity contribution in [3.8, 4) is 22.1 Å². The maximum atomic E-state index is 15.6. The summed E-state index contributed by atoms with van der Waals surface area (Å²) in [5.41, 5.74) is -2.17. The summed E-state index contributed by atoms with van der Waals surface area (Å²) in [6.07, 6.45) is 0. The second-order valence-corrected chi connectivity index (χ2v) is 15.1. The van der Waals surface area contributed by atoms with Gasteiger partial charge >= 0.3 is 19.2 Å². The van der Waals surface area contributed by atoms with E-state index in [0.717, 1.165) is 0 Å². The lowest BCUT2D eigenvalue weighted by Gasteiger charge is -2.27. The third kappa shape index (κ3) is 8.37. The topological polar surface area (TPSA) is 100 Å². The Balaban J connectivity index is 1.45. The van der Waals surface area contributed by atoms with Gasteiger partial charge in [-0.15, -0.1) is 10.2 Å². The molecule has 0 spiro atoms. The van der Waals surface area contributed by atoms with Gasteiger partial charge in [0.25, 0.3) is 0 Å². The summed E-state index contributed by atoms with van der Waals surface area (Å²) in [5.74, 6) is 0.470. The van der Waals surface area contributed by atoms with Crippen molar-refractivity contribution >= 4 is 74.9 Å². The van der Waals surface area contributed by atoms with Gasteiger partial charge in [0.15, 0.2) is 0 Å². The molecule has 0 atom stereocenters. The fourth-order valence-electron chi connectivity index (χ4n) is 4.77. The molecule has 16 heteroatoms. The number of carbonyl (C=O) groups excluding carboxylic acids is 1. The van der Waals surface area contributed by atoms with E-state index in [9.17, 15) is 9.36 Å². The molecular formula is C34H29BrCl2F2N3O6PS. The van der Waals surface area contributed by atoms with E-state index in [2.05, 4.69) is 26.1 Å². The number of alkyl halides is 2. The zero-order chi connectivity index (χ0) is 36.1. The molecule has 0 N–H and O–H groups in total. The Hall–Kier alpha value is -3.42. The van der Waals surface area contributed by atoms with Crippen molar-refractivity contribution in [1.29, 1.82) is 0 Å². The number of benzene rings is 4. The quantitative estimate of drug-likeness (QED) is 0.0800. The largest absolute Gasteiger partial charge is 0.465 e. The van der Waals surface area contributed by atoms with Crippen LogP contribution in [-0.2, 0) is 30.6 Å². The second-order valence-electron chi connectivity index (χ2n) is 10.4. The van der Waals surface area contributed by atoms with Gasteiger partial charge in [-0.25, -0.2) is 4.79 Å². The first kappa shape index (κ1) is 37.8. The minimum absolute atomic E-state index is 0.0145. The van der Waals surface area contributed by atoms with Crippen LogP contribution in [0.15, 0.2) is 89.4 Å². The molecule has 0 aliphatic heterocycles. The van der Waals surface area contributed by atoms with E-state index in [0.29, 0.717) is 54.1 Å². The maximum absolute atomic E-state index is 15.6. The number of esters is 1. The summed E-state index contributed by atoms with van der Waals surface area (Å²) in [6, 6.07) is 23.1. The summed E-state index contributed by atoms with van der Waals surface area (Å²) in [6.45, 7) is 2.66. The van der Waals surface area contributed by atoms with E-state index in [1.54, 1.807) is 60.7 Å². The predicted molar refractivity (Wildman–Crippen MR) is 194 cm³/mol. The summed E-state index contributed by atoms with van der Waals surface area (Å²) in [4.78, 5) is 13.8. The molecule has 9 nitrogen and oxygen atoms in total. The monoisotopic (exact) mass is 825 g/mol. The van der Waals surface area contributed by atoms with E-state index < -0.39 is 24.8 Å². The van der Waals surface area contributed by atoms with E-state index in [1.165, 1.54) is 50.5 Å². The molecule has 50 heavy (non-hydrogen) atoms. The third-order valence-corrected chi connectivity index (χ3v) is 11.6. The van der Waals surface area contributed by atoms with Gasteiger partial charge in [0.1, 0.15) is 16.5 Å². The molecule has 0 fully saturated rings. The van der Waals surface area contributed by atoms with Crippen molar-refractivity contribution in [1.82, 2.24) is 10.2 Å². The number of carbonyl (C=O) groups is 1. The number of aromatic nitrogens is 2. The van der Waals surface area contributed by atoms with Crippen LogP contribution in [0.1, 0.15) is 35.3 Å². The molecule has 0 bridgehead atoms. The number of rotatable bonds is 14. The normalized spacial score (nSPS) is 11.8. The van der Waals surface area contributed by atoms with E-state index >= 15 is 8.78 Å². The average molecular weight is 827 g/mol. The molecule has 0 aliphatic rings. The predicted octanol–water partition coefficient (Wildman–Crippen LogP) is 11.5. The lowest BCUT2D eigenvalue weighted by atomic mass is 10.1. The summed E-state index contributed by atoms with van der Waals surface area (Å²) < 4.78 is 65.0. The van der Waals surface area contributed by atoms with Crippen LogP contribution in [0, 0.1) is 0 Å². The maximum Gasteiger partial charge on any atom is 0.404 e. The van der Waals surface area contributed by atoms with Crippen LogP contribution >= 0.6 is 58.1 Å². The van der Waals surface area contributed by atoms with Gasteiger partial charge in [0.2, 0.25) is 5.13 Å². The van der Waals surface area contributed by atoms with Crippen molar-refractivity contribution in [3.05, 3.63) is 116 Å². The Bertz CT molecular complexity index is 2050. The van der Waals surface area contributed by atoms with E-state index in [1.807, 2.05) is 11.0 Å². The number of hydrogen-bond acceptors (Lipinski definition) is 10. The molecule has 4 aromatic carbocycles. The third-order valence-electron chi connectivity index (χ3n) is 7.07. The van der Waals surface area contributed by atoms with Crippen LogP contribution in [0.2, 0.25) is 10.0 Å². The second kappa shape index (κ2) is 16.3. The average Bonchev–Trinajstić information content (AvgIpc) is 3.59. The molecule has 5 rings (SSSR count). The molecule has 262 valence electrons. The highest BCUT2D eigenvalue weighted by atomic mass is 79.9. The Morgan fingerprint density at radius 3 is 2.28 bits per heavy atom. The molecular weight excluding hydrogens is 798 g/mol. The standard InChI is InChI=1S/C34H29BrCl2F2N3O6PS/c1-4-46-49(44,47-5-2)34(38,39)27-14-12-21(16-28(27)35)20-42(24-13-15-29(36)30(37)19-24)33-41-40-31(50-33)22-8-6-10-25(17-22)48-26-11-7-9-23(18-26)32(43)45-3/h6-19H,4-5,20H2,1-3H3. The fraction of sp³-hybridized carbons (Fsp3) is 0.206. The fourth-order valence-corrected chi connectivity index (χ4v) is 8.32. The SMILES string of the molecule is CCOP(=O)(OCC)C(F)(F)c1ccc(CN(c2ccc(Cl)c(Cl)c2)c2nnc(-c3cccc(Oc4cccc(C(=O)OC)c4)c3)s2)cc1Br. The first-order chi connectivity index (χ1) is 23.9. The molecule has 0 aliphatic carbocycles.